The quantitative estimate of drug-likeness (QED) is 0.743. The van der Waals surface area contributed by atoms with Crippen LogP contribution < -0.4 is 5.32 Å². The molecular weight excluding hydrogens is 293 g/mol. The average Bonchev–Trinajstić information content (AvgIpc) is 2.34. The molecule has 0 heterocycles. The number of carboxylic acid groups (broad SMARTS) is 1. The summed E-state index contributed by atoms with van der Waals surface area (Å²) in [5.41, 5.74) is 0.747. The van der Waals surface area contributed by atoms with E-state index in [9.17, 15) is 9.59 Å². The molecule has 1 aromatic carbocycles. The number of aryl methyl sites for hydroxylation is 1. The minimum absolute atomic E-state index is 0.0745. The van der Waals surface area contributed by atoms with Crippen molar-refractivity contribution in [2.45, 2.75) is 18.9 Å². The van der Waals surface area contributed by atoms with E-state index in [1.807, 2.05) is 0 Å². The summed E-state index contributed by atoms with van der Waals surface area (Å²) in [4.78, 5) is 22.1. The van der Waals surface area contributed by atoms with Crippen LogP contribution in [0.3, 0.4) is 0 Å². The predicted molar refractivity (Wildman–Crippen MR) is 71.4 cm³/mol. The van der Waals surface area contributed by atoms with Crippen LogP contribution >= 0.6 is 23.2 Å². The largest absolute Gasteiger partial charge is 0.480 e. The van der Waals surface area contributed by atoms with Crippen LogP contribution in [0.1, 0.15) is 12.0 Å². The lowest BCUT2D eigenvalue weighted by atomic mass is 10.1. The lowest BCUT2D eigenvalue weighted by molar-refractivity contribution is -0.142. The highest BCUT2D eigenvalue weighted by molar-refractivity contribution is 6.35. The molecule has 0 saturated carbocycles. The smallest absolute Gasteiger partial charge is 0.328 e. The molecule has 0 aromatic heterocycles. The first kappa shape index (κ1) is 15.8. The number of hydrogen-bond donors (Lipinski definition) is 3. The van der Waals surface area contributed by atoms with Crippen LogP contribution in [0.4, 0.5) is 0 Å². The van der Waals surface area contributed by atoms with Gasteiger partial charge in [-0.3, -0.25) is 4.79 Å². The van der Waals surface area contributed by atoms with Gasteiger partial charge in [-0.05, 0) is 24.1 Å². The number of hydrogen-bond acceptors (Lipinski definition) is 3. The maximum Gasteiger partial charge on any atom is 0.328 e. The first-order valence-corrected chi connectivity index (χ1v) is 6.26. The maximum atomic E-state index is 11.5. The third kappa shape index (κ3) is 5.06. The topological polar surface area (TPSA) is 86.6 Å². The number of amides is 1. The third-order valence-electron chi connectivity index (χ3n) is 2.45. The SMILES string of the molecule is O=C(CCc1ccc(Cl)cc1Cl)NC(CO)C(=O)O. The van der Waals surface area contributed by atoms with E-state index in [1.165, 1.54) is 0 Å². The minimum Gasteiger partial charge on any atom is -0.480 e. The number of benzene rings is 1. The van der Waals surface area contributed by atoms with Gasteiger partial charge in [-0.25, -0.2) is 4.79 Å². The van der Waals surface area contributed by atoms with Gasteiger partial charge >= 0.3 is 5.97 Å². The zero-order valence-electron chi connectivity index (χ0n) is 9.90. The summed E-state index contributed by atoms with van der Waals surface area (Å²) in [5, 5.41) is 20.6. The van der Waals surface area contributed by atoms with Gasteiger partial charge in [0.25, 0.3) is 0 Å². The van der Waals surface area contributed by atoms with Gasteiger partial charge in [0.2, 0.25) is 5.91 Å². The van der Waals surface area contributed by atoms with Crippen molar-refractivity contribution in [3.8, 4) is 0 Å². The lowest BCUT2D eigenvalue weighted by Crippen LogP contribution is -2.43. The number of carbonyl (C=O) groups is 2. The van der Waals surface area contributed by atoms with Gasteiger partial charge in [-0.15, -0.1) is 0 Å². The standard InChI is InChI=1S/C12H13Cl2NO4/c13-8-3-1-7(9(14)5-8)2-4-11(17)15-10(6-16)12(18)19/h1,3,5,10,16H,2,4,6H2,(H,15,17)(H,18,19). The molecule has 1 aromatic rings. The van der Waals surface area contributed by atoms with Crippen LogP contribution in [0.5, 0.6) is 0 Å². The third-order valence-corrected chi connectivity index (χ3v) is 3.04. The van der Waals surface area contributed by atoms with Crippen LogP contribution in [0.15, 0.2) is 18.2 Å². The zero-order chi connectivity index (χ0) is 14.4. The Morgan fingerprint density at radius 2 is 2.00 bits per heavy atom. The molecule has 0 aliphatic heterocycles. The van der Waals surface area contributed by atoms with E-state index in [2.05, 4.69) is 5.32 Å². The van der Waals surface area contributed by atoms with Gasteiger partial charge in [-0.1, -0.05) is 29.3 Å². The fraction of sp³-hybridized carbons (Fsp3) is 0.333. The Bertz CT molecular complexity index is 479. The highest BCUT2D eigenvalue weighted by Crippen LogP contribution is 2.21. The van der Waals surface area contributed by atoms with Crippen molar-refractivity contribution in [2.24, 2.45) is 0 Å². The second kappa shape index (κ2) is 7.33. The second-order valence-corrected chi connectivity index (χ2v) is 4.72. The Labute approximate surface area is 120 Å². The summed E-state index contributed by atoms with van der Waals surface area (Å²) >= 11 is 11.7. The van der Waals surface area contributed by atoms with Crippen molar-refractivity contribution in [1.82, 2.24) is 5.32 Å². The molecule has 0 aliphatic rings. The van der Waals surface area contributed by atoms with E-state index < -0.39 is 24.5 Å². The average molecular weight is 306 g/mol. The number of rotatable bonds is 6. The van der Waals surface area contributed by atoms with E-state index in [-0.39, 0.29) is 6.42 Å². The van der Waals surface area contributed by atoms with E-state index in [0.717, 1.165) is 5.56 Å². The Kier molecular flexibility index (Phi) is 6.08. The molecule has 1 rings (SSSR count). The molecule has 0 aliphatic carbocycles. The molecule has 0 radical (unpaired) electrons. The highest BCUT2D eigenvalue weighted by atomic mass is 35.5. The van der Waals surface area contributed by atoms with Gasteiger partial charge in [0, 0.05) is 16.5 Å². The first-order chi connectivity index (χ1) is 8.93. The number of nitrogens with one attached hydrogen (secondary N) is 1. The molecule has 1 unspecified atom stereocenters. The van der Waals surface area contributed by atoms with Crippen molar-refractivity contribution in [3.63, 3.8) is 0 Å². The molecule has 7 heteroatoms. The summed E-state index contributed by atoms with van der Waals surface area (Å²) in [6.45, 7) is -0.650. The molecule has 3 N–H and O–H groups in total. The van der Waals surface area contributed by atoms with Crippen molar-refractivity contribution >= 4 is 35.1 Å². The van der Waals surface area contributed by atoms with Gasteiger partial charge in [0.1, 0.15) is 6.04 Å². The van der Waals surface area contributed by atoms with Gasteiger partial charge in [0.05, 0.1) is 6.61 Å². The first-order valence-electron chi connectivity index (χ1n) is 5.51. The van der Waals surface area contributed by atoms with Crippen LogP contribution in [0, 0.1) is 0 Å². The summed E-state index contributed by atoms with van der Waals surface area (Å²) in [7, 11) is 0. The van der Waals surface area contributed by atoms with E-state index >= 15 is 0 Å². The van der Waals surface area contributed by atoms with E-state index in [1.54, 1.807) is 18.2 Å². The van der Waals surface area contributed by atoms with E-state index in [4.69, 9.17) is 33.4 Å². The molecular formula is C12H13Cl2NO4. The number of halogens is 2. The van der Waals surface area contributed by atoms with Crippen molar-refractivity contribution in [2.75, 3.05) is 6.61 Å². The van der Waals surface area contributed by atoms with Gasteiger partial charge in [-0.2, -0.15) is 0 Å². The summed E-state index contributed by atoms with van der Waals surface area (Å²) < 4.78 is 0. The molecule has 104 valence electrons. The fourth-order valence-corrected chi connectivity index (χ4v) is 1.93. The number of aliphatic hydroxyl groups excluding tert-OH is 1. The van der Waals surface area contributed by atoms with E-state index in [0.29, 0.717) is 16.5 Å². The number of carboxylic acids is 1. The van der Waals surface area contributed by atoms with Crippen LogP contribution in [-0.4, -0.2) is 34.7 Å². The number of carbonyl (C=O) groups excluding carboxylic acids is 1. The molecule has 0 spiro atoms. The highest BCUT2D eigenvalue weighted by Gasteiger charge is 2.18. The summed E-state index contributed by atoms with van der Waals surface area (Å²) in [6.07, 6.45) is 0.435. The maximum absolute atomic E-state index is 11.5. The van der Waals surface area contributed by atoms with Crippen LogP contribution in [0.25, 0.3) is 0 Å². The van der Waals surface area contributed by atoms with Gasteiger partial charge < -0.3 is 15.5 Å². The predicted octanol–water partition coefficient (Wildman–Crippen LogP) is 1.49. The second-order valence-electron chi connectivity index (χ2n) is 3.88. The number of aliphatic carboxylic acids is 1. The van der Waals surface area contributed by atoms with Crippen LogP contribution in [-0.2, 0) is 16.0 Å². The lowest BCUT2D eigenvalue weighted by Gasteiger charge is -2.11. The number of aliphatic hydroxyl groups is 1. The Balaban J connectivity index is 2.52. The molecule has 1 atom stereocenters. The zero-order valence-corrected chi connectivity index (χ0v) is 11.4. The Hall–Kier alpha value is -1.30. The Morgan fingerprint density at radius 1 is 1.32 bits per heavy atom. The van der Waals surface area contributed by atoms with Crippen molar-refractivity contribution < 1.29 is 19.8 Å². The normalized spacial score (nSPS) is 11.9. The molecule has 0 saturated heterocycles. The molecule has 1 amide bonds. The monoisotopic (exact) mass is 305 g/mol. The van der Waals surface area contributed by atoms with Crippen LogP contribution in [0.2, 0.25) is 10.0 Å². The summed E-state index contributed by atoms with van der Waals surface area (Å²) in [6, 6.07) is 3.66. The fourth-order valence-electron chi connectivity index (χ4n) is 1.42. The summed E-state index contributed by atoms with van der Waals surface area (Å²) in [5.74, 6) is -1.74. The molecule has 19 heavy (non-hydrogen) atoms. The van der Waals surface area contributed by atoms with Crippen molar-refractivity contribution in [1.29, 1.82) is 0 Å². The molecule has 0 fully saturated rings. The minimum atomic E-state index is -1.28. The molecule has 5 nitrogen and oxygen atoms in total. The van der Waals surface area contributed by atoms with Gasteiger partial charge in [0.15, 0.2) is 0 Å². The Morgan fingerprint density at radius 3 is 2.53 bits per heavy atom. The van der Waals surface area contributed by atoms with Crippen molar-refractivity contribution in [3.05, 3.63) is 33.8 Å². The molecule has 0 bridgehead atoms.